The summed E-state index contributed by atoms with van der Waals surface area (Å²) < 4.78 is 35.9. The maximum absolute atomic E-state index is 12.2. The van der Waals surface area contributed by atoms with Crippen molar-refractivity contribution in [2.24, 2.45) is 0 Å². The van der Waals surface area contributed by atoms with Gasteiger partial charge in [-0.25, -0.2) is 14.2 Å². The van der Waals surface area contributed by atoms with Crippen molar-refractivity contribution in [3.8, 4) is 24.7 Å². The molecule has 0 saturated carbocycles. The van der Waals surface area contributed by atoms with E-state index < -0.39 is 39.1 Å². The molecule has 0 N–H and O–H groups in total. The third-order valence-corrected chi connectivity index (χ3v) is 3.45. The van der Waals surface area contributed by atoms with Gasteiger partial charge < -0.3 is 9.47 Å². The van der Waals surface area contributed by atoms with Gasteiger partial charge in [-0.3, -0.25) is 13.6 Å². The van der Waals surface area contributed by atoms with Gasteiger partial charge in [-0.05, 0) is 13.8 Å². The fourth-order valence-electron chi connectivity index (χ4n) is 1.10. The van der Waals surface area contributed by atoms with Gasteiger partial charge in [-0.1, -0.05) is 11.8 Å². The summed E-state index contributed by atoms with van der Waals surface area (Å²) in [6, 6.07) is 0. The predicted octanol–water partition coefficient (Wildman–Crippen LogP) is 0.905. The summed E-state index contributed by atoms with van der Waals surface area (Å²) in [5, 5.41) is 0. The Hall–Kier alpha value is -1.83. The average Bonchev–Trinajstić information content (AvgIpc) is 2.48. The minimum atomic E-state index is -4.15. The van der Waals surface area contributed by atoms with E-state index in [9.17, 15) is 14.2 Å². The van der Waals surface area contributed by atoms with Crippen molar-refractivity contribution in [2.75, 3.05) is 26.4 Å². The molecule has 0 heterocycles. The average molecular weight is 332 g/mol. The van der Waals surface area contributed by atoms with Crippen LogP contribution in [0, 0.1) is 24.7 Å². The van der Waals surface area contributed by atoms with E-state index in [4.69, 9.17) is 26.4 Å². The molecule has 0 bridgehead atoms. The van der Waals surface area contributed by atoms with Crippen molar-refractivity contribution in [3.63, 3.8) is 0 Å². The lowest BCUT2D eigenvalue weighted by molar-refractivity contribution is -0.166. The molecule has 0 amide bonds. The monoisotopic (exact) mass is 332 g/mol. The van der Waals surface area contributed by atoms with Crippen LogP contribution in [0.4, 0.5) is 0 Å². The molecule has 0 atom stereocenters. The van der Waals surface area contributed by atoms with Gasteiger partial charge in [0.1, 0.15) is 0 Å². The molecular formula is C13H17O8P. The summed E-state index contributed by atoms with van der Waals surface area (Å²) in [7, 11) is -4.15. The first-order chi connectivity index (χ1) is 10.4. The van der Waals surface area contributed by atoms with Gasteiger partial charge in [-0.15, -0.1) is 12.8 Å². The van der Waals surface area contributed by atoms with Crippen LogP contribution >= 0.6 is 7.82 Å². The molecule has 0 saturated heterocycles. The van der Waals surface area contributed by atoms with Crippen LogP contribution in [0.1, 0.15) is 13.8 Å². The standard InChI is InChI=1S/C13H17O8P/c1-5-9-17-12(14)11(13(15)18-10-6-2)21-22(16,19-7-3)20-8-4/h1-2,11H,7-10H2,3-4H3. The second-order valence-electron chi connectivity index (χ2n) is 3.39. The van der Waals surface area contributed by atoms with Crippen molar-refractivity contribution in [2.45, 2.75) is 20.0 Å². The fraction of sp³-hybridized carbons (Fsp3) is 0.538. The number of phosphoric acid groups is 1. The number of phosphoric ester groups is 1. The topological polar surface area (TPSA) is 97.4 Å². The molecule has 0 rings (SSSR count). The molecule has 9 heteroatoms. The molecule has 122 valence electrons. The summed E-state index contributed by atoms with van der Waals surface area (Å²) in [6.45, 7) is 2.16. The zero-order chi connectivity index (χ0) is 17.0. The lowest BCUT2D eigenvalue weighted by atomic mass is 10.4. The molecule has 0 fully saturated rings. The van der Waals surface area contributed by atoms with Gasteiger partial charge in [0.15, 0.2) is 13.2 Å². The minimum absolute atomic E-state index is 0.0389. The number of esters is 2. The summed E-state index contributed by atoms with van der Waals surface area (Å²) in [4.78, 5) is 23.5. The summed E-state index contributed by atoms with van der Waals surface area (Å²) in [5.41, 5.74) is 0. The maximum atomic E-state index is 12.2. The van der Waals surface area contributed by atoms with Crippen molar-refractivity contribution in [1.82, 2.24) is 0 Å². The number of hydrogen-bond acceptors (Lipinski definition) is 8. The number of carbonyl (C=O) groups excluding carboxylic acids is 2. The van der Waals surface area contributed by atoms with Gasteiger partial charge in [0.2, 0.25) is 0 Å². The van der Waals surface area contributed by atoms with Crippen LogP contribution in [0.2, 0.25) is 0 Å². The largest absolute Gasteiger partial charge is 0.476 e. The zero-order valence-electron chi connectivity index (χ0n) is 12.3. The van der Waals surface area contributed by atoms with E-state index in [1.807, 2.05) is 11.8 Å². The molecule has 0 aromatic carbocycles. The first-order valence-corrected chi connectivity index (χ1v) is 7.67. The van der Waals surface area contributed by atoms with E-state index in [0.717, 1.165) is 0 Å². The lowest BCUT2D eigenvalue weighted by Gasteiger charge is -2.20. The molecule has 0 aromatic heterocycles. The molecule has 0 aliphatic heterocycles. The highest BCUT2D eigenvalue weighted by molar-refractivity contribution is 7.48. The van der Waals surface area contributed by atoms with Gasteiger partial charge in [0.05, 0.1) is 13.2 Å². The van der Waals surface area contributed by atoms with Crippen LogP contribution in [-0.4, -0.2) is 44.5 Å². The van der Waals surface area contributed by atoms with Gasteiger partial charge >= 0.3 is 19.8 Å². The SMILES string of the molecule is C#CCOC(=O)C(OP(=O)(OCC)OCC)C(=O)OCC#C. The normalized spacial score (nSPS) is 10.6. The third-order valence-electron chi connectivity index (χ3n) is 1.83. The second kappa shape index (κ2) is 10.8. The van der Waals surface area contributed by atoms with Crippen molar-refractivity contribution >= 4 is 19.8 Å². The lowest BCUT2D eigenvalue weighted by Crippen LogP contribution is -2.36. The quantitative estimate of drug-likeness (QED) is 0.252. The Morgan fingerprint density at radius 2 is 1.41 bits per heavy atom. The molecule has 0 aliphatic rings. The number of carbonyl (C=O) groups is 2. The van der Waals surface area contributed by atoms with Gasteiger partial charge in [0.25, 0.3) is 6.10 Å². The summed E-state index contributed by atoms with van der Waals surface area (Å²) in [6.07, 6.45) is 7.89. The molecular weight excluding hydrogens is 315 g/mol. The molecule has 0 radical (unpaired) electrons. The second-order valence-corrected chi connectivity index (χ2v) is 5.01. The first kappa shape index (κ1) is 20.2. The number of terminal acetylenes is 2. The summed E-state index contributed by atoms with van der Waals surface area (Å²) in [5.74, 6) is 1.68. The van der Waals surface area contributed by atoms with Crippen molar-refractivity contribution < 1.29 is 37.2 Å². The fourth-order valence-corrected chi connectivity index (χ4v) is 2.36. The Balaban J connectivity index is 5.16. The van der Waals surface area contributed by atoms with E-state index in [0.29, 0.717) is 0 Å². The van der Waals surface area contributed by atoms with Gasteiger partial charge in [-0.2, -0.15) is 0 Å². The summed E-state index contributed by atoms with van der Waals surface area (Å²) >= 11 is 0. The number of rotatable bonds is 10. The first-order valence-electron chi connectivity index (χ1n) is 6.21. The smallest absolute Gasteiger partial charge is 0.450 e. The Kier molecular flexibility index (Phi) is 9.93. The van der Waals surface area contributed by atoms with E-state index >= 15 is 0 Å². The highest BCUT2D eigenvalue weighted by Crippen LogP contribution is 2.50. The maximum Gasteiger partial charge on any atom is 0.476 e. The van der Waals surface area contributed by atoms with E-state index in [1.165, 1.54) is 13.8 Å². The van der Waals surface area contributed by atoms with Crippen LogP contribution < -0.4 is 0 Å². The van der Waals surface area contributed by atoms with Crippen LogP contribution in [0.5, 0.6) is 0 Å². The Morgan fingerprint density at radius 3 is 1.73 bits per heavy atom. The van der Waals surface area contributed by atoms with E-state index in [-0.39, 0.29) is 13.2 Å². The molecule has 22 heavy (non-hydrogen) atoms. The van der Waals surface area contributed by atoms with Crippen LogP contribution in [0.25, 0.3) is 0 Å². The van der Waals surface area contributed by atoms with Crippen molar-refractivity contribution in [3.05, 3.63) is 0 Å². The molecule has 8 nitrogen and oxygen atoms in total. The van der Waals surface area contributed by atoms with Crippen molar-refractivity contribution in [1.29, 1.82) is 0 Å². The Morgan fingerprint density at radius 1 is 1.00 bits per heavy atom. The van der Waals surface area contributed by atoms with Crippen LogP contribution in [0.15, 0.2) is 0 Å². The molecule has 0 unspecified atom stereocenters. The molecule has 0 aromatic rings. The third kappa shape index (κ3) is 7.26. The number of hydrogen-bond donors (Lipinski definition) is 0. The predicted molar refractivity (Wildman–Crippen MR) is 75.3 cm³/mol. The number of ether oxygens (including phenoxy) is 2. The Bertz CT molecular complexity index is 461. The highest BCUT2D eigenvalue weighted by Gasteiger charge is 2.40. The Labute approximate surface area is 129 Å². The van der Waals surface area contributed by atoms with Gasteiger partial charge in [0, 0.05) is 0 Å². The van der Waals surface area contributed by atoms with Crippen LogP contribution in [-0.2, 0) is 37.2 Å². The molecule has 0 aliphatic carbocycles. The minimum Gasteiger partial charge on any atom is -0.450 e. The van der Waals surface area contributed by atoms with E-state index in [1.54, 1.807) is 0 Å². The molecule has 0 spiro atoms. The zero-order valence-corrected chi connectivity index (χ0v) is 13.2. The highest BCUT2D eigenvalue weighted by atomic mass is 31.2. The van der Waals surface area contributed by atoms with E-state index in [2.05, 4.69) is 9.47 Å². The van der Waals surface area contributed by atoms with Crippen LogP contribution in [0.3, 0.4) is 0 Å².